The van der Waals surface area contributed by atoms with Crippen molar-refractivity contribution in [1.29, 1.82) is 0 Å². The summed E-state index contributed by atoms with van der Waals surface area (Å²) in [5.74, 6) is -0.298. The van der Waals surface area contributed by atoms with Crippen molar-refractivity contribution in [2.45, 2.75) is 25.4 Å². The number of anilines is 1. The van der Waals surface area contributed by atoms with Crippen molar-refractivity contribution in [2.24, 2.45) is 0 Å². The first-order valence-electron chi connectivity index (χ1n) is 6.13. The monoisotopic (exact) mass is 236 g/mol. The highest BCUT2D eigenvalue weighted by Crippen LogP contribution is 2.29. The molecule has 1 unspecified atom stereocenters. The van der Waals surface area contributed by atoms with Crippen molar-refractivity contribution < 1.29 is 9.13 Å². The van der Waals surface area contributed by atoms with E-state index in [9.17, 15) is 4.39 Å². The highest BCUT2D eigenvalue weighted by atomic mass is 19.1. The topological polar surface area (TPSA) is 38.5 Å². The van der Waals surface area contributed by atoms with Gasteiger partial charge in [-0.3, -0.25) is 4.90 Å². The number of fused-ring (bicyclic) bond motifs is 1. The molecule has 3 nitrogen and oxygen atoms in total. The second-order valence-corrected chi connectivity index (χ2v) is 4.84. The Balaban J connectivity index is 1.86. The molecule has 1 aromatic carbocycles. The van der Waals surface area contributed by atoms with Crippen LogP contribution in [-0.4, -0.2) is 30.7 Å². The lowest BCUT2D eigenvalue weighted by Gasteiger charge is -2.33. The number of halogens is 1. The van der Waals surface area contributed by atoms with Crippen LogP contribution >= 0.6 is 0 Å². The number of hydrogen-bond donors (Lipinski definition) is 1. The minimum absolute atomic E-state index is 0.298. The van der Waals surface area contributed by atoms with E-state index in [1.807, 2.05) is 6.07 Å². The molecule has 92 valence electrons. The van der Waals surface area contributed by atoms with Crippen LogP contribution in [-0.2, 0) is 17.7 Å². The lowest BCUT2D eigenvalue weighted by molar-refractivity contribution is 0.135. The van der Waals surface area contributed by atoms with Gasteiger partial charge in [0.15, 0.2) is 0 Å². The third-order valence-electron chi connectivity index (χ3n) is 3.85. The highest BCUT2D eigenvalue weighted by molar-refractivity contribution is 5.53. The molecular weight excluding hydrogens is 219 g/mol. The number of nitrogen functional groups attached to an aromatic ring is 1. The minimum Gasteiger partial charge on any atom is -0.396 e. The molecule has 17 heavy (non-hydrogen) atoms. The molecule has 0 radical (unpaired) electrons. The Hall–Kier alpha value is -1.13. The summed E-state index contributed by atoms with van der Waals surface area (Å²) in [6, 6.07) is 3.82. The average Bonchev–Trinajstić information content (AvgIpc) is 2.87. The smallest absolute Gasteiger partial charge is 0.146 e. The quantitative estimate of drug-likeness (QED) is 0.752. The van der Waals surface area contributed by atoms with Crippen LogP contribution in [0.15, 0.2) is 12.1 Å². The molecule has 0 saturated carbocycles. The molecule has 0 aromatic heterocycles. The Kier molecular flexibility index (Phi) is 2.76. The maximum Gasteiger partial charge on any atom is 0.146 e. The van der Waals surface area contributed by atoms with Gasteiger partial charge in [0.2, 0.25) is 0 Å². The van der Waals surface area contributed by atoms with Crippen molar-refractivity contribution in [3.8, 4) is 0 Å². The molecule has 4 heteroatoms. The molecule has 0 bridgehead atoms. The van der Waals surface area contributed by atoms with Gasteiger partial charge in [-0.25, -0.2) is 4.39 Å². The summed E-state index contributed by atoms with van der Waals surface area (Å²) in [7, 11) is 0. The van der Waals surface area contributed by atoms with Gasteiger partial charge in [0.1, 0.15) is 5.82 Å². The molecule has 2 heterocycles. The van der Waals surface area contributed by atoms with E-state index in [1.165, 1.54) is 11.6 Å². The van der Waals surface area contributed by atoms with Crippen LogP contribution in [0.5, 0.6) is 0 Å². The van der Waals surface area contributed by atoms with E-state index in [-0.39, 0.29) is 5.82 Å². The van der Waals surface area contributed by atoms with E-state index < -0.39 is 0 Å². The van der Waals surface area contributed by atoms with Gasteiger partial charge in [0, 0.05) is 25.7 Å². The largest absolute Gasteiger partial charge is 0.396 e. The van der Waals surface area contributed by atoms with E-state index >= 15 is 0 Å². The fraction of sp³-hybridized carbons (Fsp3) is 0.538. The lowest BCUT2D eigenvalue weighted by Crippen LogP contribution is -2.39. The summed E-state index contributed by atoms with van der Waals surface area (Å²) in [5.41, 5.74) is 8.33. The third-order valence-corrected chi connectivity index (χ3v) is 3.85. The van der Waals surface area contributed by atoms with Gasteiger partial charge in [-0.15, -0.1) is 0 Å². The van der Waals surface area contributed by atoms with E-state index in [2.05, 4.69) is 4.90 Å². The first kappa shape index (κ1) is 11.0. The molecule has 1 aromatic rings. The summed E-state index contributed by atoms with van der Waals surface area (Å²) < 4.78 is 18.8. The maximum atomic E-state index is 13.4. The molecule has 0 spiro atoms. The summed E-state index contributed by atoms with van der Waals surface area (Å²) in [4.78, 5) is 2.37. The fourth-order valence-electron chi connectivity index (χ4n) is 2.77. The van der Waals surface area contributed by atoms with E-state index in [0.29, 0.717) is 11.7 Å². The van der Waals surface area contributed by atoms with Gasteiger partial charge in [-0.05, 0) is 30.0 Å². The number of nitrogens with zero attached hydrogens (tertiary/aromatic N) is 1. The standard InChI is InChI=1S/C13H17FN2O/c14-12-2-1-9-3-5-16(7-11(9)13(12)15)10-4-6-17-8-10/h1-2,10H,3-8,15H2. The minimum atomic E-state index is -0.298. The number of benzene rings is 1. The van der Waals surface area contributed by atoms with Gasteiger partial charge in [0.05, 0.1) is 12.3 Å². The first-order chi connectivity index (χ1) is 8.25. The van der Waals surface area contributed by atoms with Crippen LogP contribution in [0.4, 0.5) is 10.1 Å². The van der Waals surface area contributed by atoms with Crippen LogP contribution in [0, 0.1) is 5.82 Å². The summed E-state index contributed by atoms with van der Waals surface area (Å²) in [6.07, 6.45) is 2.03. The number of nitrogens with two attached hydrogens (primary N) is 1. The Morgan fingerprint density at radius 1 is 1.41 bits per heavy atom. The maximum absolute atomic E-state index is 13.4. The first-order valence-corrected chi connectivity index (χ1v) is 6.13. The predicted molar refractivity (Wildman–Crippen MR) is 64.2 cm³/mol. The second kappa shape index (κ2) is 4.27. The molecule has 1 fully saturated rings. The van der Waals surface area contributed by atoms with Crippen LogP contribution in [0.3, 0.4) is 0 Å². The normalized spacial score (nSPS) is 24.9. The van der Waals surface area contributed by atoms with Crippen molar-refractivity contribution in [3.05, 3.63) is 29.1 Å². The molecule has 1 saturated heterocycles. The Labute approximate surface area is 100 Å². The number of ether oxygens (including phenoxy) is 1. The molecule has 2 aliphatic heterocycles. The SMILES string of the molecule is Nc1c(F)ccc2c1CN(C1CCOC1)CC2. The molecule has 0 aliphatic carbocycles. The molecular formula is C13H17FN2O. The zero-order valence-electron chi connectivity index (χ0n) is 9.79. The van der Waals surface area contributed by atoms with Gasteiger partial charge in [-0.1, -0.05) is 6.07 Å². The third kappa shape index (κ3) is 1.91. The molecule has 3 rings (SSSR count). The molecule has 1 atom stereocenters. The second-order valence-electron chi connectivity index (χ2n) is 4.84. The van der Waals surface area contributed by atoms with Gasteiger partial charge in [0.25, 0.3) is 0 Å². The van der Waals surface area contributed by atoms with E-state index in [1.54, 1.807) is 0 Å². The van der Waals surface area contributed by atoms with Crippen LogP contribution in [0.2, 0.25) is 0 Å². The van der Waals surface area contributed by atoms with E-state index in [0.717, 1.165) is 44.7 Å². The van der Waals surface area contributed by atoms with Gasteiger partial charge >= 0.3 is 0 Å². The lowest BCUT2D eigenvalue weighted by atomic mass is 9.96. The van der Waals surface area contributed by atoms with E-state index in [4.69, 9.17) is 10.5 Å². The summed E-state index contributed by atoms with van der Waals surface area (Å²) in [5, 5.41) is 0. The van der Waals surface area contributed by atoms with Crippen LogP contribution in [0.25, 0.3) is 0 Å². The number of hydrogen-bond acceptors (Lipinski definition) is 3. The summed E-state index contributed by atoms with van der Waals surface area (Å²) >= 11 is 0. The molecule has 0 amide bonds. The fourth-order valence-corrected chi connectivity index (χ4v) is 2.77. The zero-order chi connectivity index (χ0) is 11.8. The van der Waals surface area contributed by atoms with Crippen molar-refractivity contribution in [1.82, 2.24) is 4.90 Å². The van der Waals surface area contributed by atoms with Gasteiger partial charge < -0.3 is 10.5 Å². The average molecular weight is 236 g/mol. The molecule has 2 aliphatic rings. The van der Waals surface area contributed by atoms with Crippen molar-refractivity contribution in [3.63, 3.8) is 0 Å². The van der Waals surface area contributed by atoms with Crippen LogP contribution in [0.1, 0.15) is 17.5 Å². The Morgan fingerprint density at radius 3 is 3.06 bits per heavy atom. The highest BCUT2D eigenvalue weighted by Gasteiger charge is 2.27. The van der Waals surface area contributed by atoms with Crippen molar-refractivity contribution >= 4 is 5.69 Å². The Bertz CT molecular complexity index is 430. The van der Waals surface area contributed by atoms with Crippen molar-refractivity contribution in [2.75, 3.05) is 25.5 Å². The predicted octanol–water partition coefficient (Wildman–Crippen LogP) is 1.55. The van der Waals surface area contributed by atoms with Gasteiger partial charge in [-0.2, -0.15) is 0 Å². The summed E-state index contributed by atoms with van der Waals surface area (Å²) in [6.45, 7) is 3.41. The van der Waals surface area contributed by atoms with Crippen LogP contribution < -0.4 is 5.73 Å². The Morgan fingerprint density at radius 2 is 2.29 bits per heavy atom. The number of rotatable bonds is 1. The zero-order valence-corrected chi connectivity index (χ0v) is 9.79. The molecule has 2 N–H and O–H groups in total.